The van der Waals surface area contributed by atoms with Gasteiger partial charge in [-0.3, -0.25) is 57.5 Å². The lowest BCUT2D eigenvalue weighted by Crippen LogP contribution is -2.67. The molecule has 78 heavy (non-hydrogen) atoms. The van der Waals surface area contributed by atoms with Gasteiger partial charge in [-0.2, -0.15) is 0 Å². The van der Waals surface area contributed by atoms with Crippen molar-refractivity contribution >= 4 is 71.6 Å². The summed E-state index contributed by atoms with van der Waals surface area (Å²) in [5.41, 5.74) is 0. The Hall–Kier alpha value is -6.86. The molecule has 0 spiro atoms. The Morgan fingerprint density at radius 2 is 0.603 bits per heavy atom. The third kappa shape index (κ3) is 19.0. The van der Waals surface area contributed by atoms with E-state index in [-0.39, 0.29) is 0 Å². The van der Waals surface area contributed by atoms with E-state index in [1.807, 2.05) is 0 Å². The zero-order valence-corrected chi connectivity index (χ0v) is 44.6. The molecule has 0 aromatic carbocycles. The molecule has 4 aliphatic rings. The van der Waals surface area contributed by atoms with Gasteiger partial charge < -0.3 is 85.3 Å². The van der Waals surface area contributed by atoms with Crippen LogP contribution in [0.2, 0.25) is 0 Å². The van der Waals surface area contributed by atoms with Crippen LogP contribution < -0.4 is 0 Å². The van der Waals surface area contributed by atoms with E-state index in [0.29, 0.717) is 0 Å². The van der Waals surface area contributed by atoms with Crippen molar-refractivity contribution in [3.8, 4) is 0 Å². The molecular weight excluding hydrogens is 1060 g/mol. The number of esters is 12. The van der Waals surface area contributed by atoms with Crippen molar-refractivity contribution in [2.45, 2.75) is 187 Å². The van der Waals surface area contributed by atoms with Crippen LogP contribution in [0.5, 0.6) is 0 Å². The maximum Gasteiger partial charge on any atom is 0.304 e. The van der Waals surface area contributed by atoms with Gasteiger partial charge in [-0.05, 0) is 0 Å². The maximum atomic E-state index is 13.3. The molecule has 0 N–H and O–H groups in total. The topological polar surface area (TPSA) is 371 Å². The zero-order valence-electron chi connectivity index (χ0n) is 44.6. The standard InChI is InChI=1S/C48H64O30/c1-19(49)61-15-33-31(74-47-44(70-28(10)58)42(68-26(8)56)39(65-23(5)53)35(76-47)17-63-21(3)51)13-14-32(73-33)37-41(67-25(7)55)38(34(16-62-20(2)50)75-46(37)72-30(12)60)78-48-45(71-29(11)59)43(69-27(9)57)40(66-24(6)54)36(77-48)18-64-22(4)52/h13-14,31-48H,15-18H2,1-12H3/t31-,32-,33+,34+,35+,36+,37+,38+,39+,40+,41+,42-,43-,44+,45+,46-,47+,48-/m0/s1. The fourth-order valence-corrected chi connectivity index (χ4v) is 8.63. The van der Waals surface area contributed by atoms with Crippen molar-refractivity contribution in [3.63, 3.8) is 0 Å². The summed E-state index contributed by atoms with van der Waals surface area (Å²) in [6.07, 6.45) is -25.9. The van der Waals surface area contributed by atoms with Crippen LogP contribution in [-0.2, 0) is 143 Å². The average molecular weight is 1120 g/mol. The third-order valence-corrected chi connectivity index (χ3v) is 11.2. The number of carbonyl (C=O) groups excluding carboxylic acids is 12. The monoisotopic (exact) mass is 1120 g/mol. The molecule has 0 amide bonds. The smallest absolute Gasteiger partial charge is 0.304 e. The van der Waals surface area contributed by atoms with Gasteiger partial charge in [0.05, 0.1) is 12.0 Å². The molecule has 4 heterocycles. The fraction of sp³-hybridized carbons (Fsp3) is 0.708. The molecule has 0 aliphatic carbocycles. The van der Waals surface area contributed by atoms with E-state index in [2.05, 4.69) is 0 Å². The molecule has 0 saturated carbocycles. The Balaban J connectivity index is 1.92. The summed E-state index contributed by atoms with van der Waals surface area (Å²) in [5, 5.41) is 0. The molecular formula is C48H64O30. The van der Waals surface area contributed by atoms with Crippen LogP contribution in [0.15, 0.2) is 12.2 Å². The van der Waals surface area contributed by atoms with Gasteiger partial charge in [-0.25, -0.2) is 0 Å². The molecule has 0 unspecified atom stereocenters. The first-order chi connectivity index (χ1) is 36.5. The maximum absolute atomic E-state index is 13.3. The van der Waals surface area contributed by atoms with Gasteiger partial charge in [0, 0.05) is 83.1 Å². The van der Waals surface area contributed by atoms with Gasteiger partial charge in [0.2, 0.25) is 6.29 Å². The van der Waals surface area contributed by atoms with Crippen LogP contribution in [0.4, 0.5) is 0 Å². The Morgan fingerprint density at radius 1 is 0.295 bits per heavy atom. The number of carbonyl (C=O) groups is 12. The number of hydrogen-bond donors (Lipinski definition) is 0. The van der Waals surface area contributed by atoms with Crippen molar-refractivity contribution < 1.29 is 143 Å². The van der Waals surface area contributed by atoms with E-state index < -0.39 is 208 Å². The van der Waals surface area contributed by atoms with Crippen molar-refractivity contribution in [1.82, 2.24) is 0 Å². The van der Waals surface area contributed by atoms with Gasteiger partial charge in [-0.1, -0.05) is 12.2 Å². The highest BCUT2D eigenvalue weighted by Gasteiger charge is 2.60. The van der Waals surface area contributed by atoms with Crippen LogP contribution in [-0.4, -0.2) is 202 Å². The molecule has 4 aliphatic heterocycles. The lowest BCUT2D eigenvalue weighted by molar-refractivity contribution is -0.358. The van der Waals surface area contributed by atoms with Crippen molar-refractivity contribution in [3.05, 3.63) is 12.2 Å². The van der Waals surface area contributed by atoms with E-state index in [4.69, 9.17) is 85.3 Å². The molecule has 0 radical (unpaired) electrons. The van der Waals surface area contributed by atoms with Crippen molar-refractivity contribution in [1.29, 1.82) is 0 Å². The Bertz CT molecular complexity index is 2240. The summed E-state index contributed by atoms with van der Waals surface area (Å²) in [7, 11) is 0. The Morgan fingerprint density at radius 3 is 0.974 bits per heavy atom. The Kier molecular flexibility index (Phi) is 23.8. The molecule has 0 aromatic heterocycles. The van der Waals surface area contributed by atoms with Gasteiger partial charge in [0.15, 0.2) is 49.2 Å². The van der Waals surface area contributed by atoms with Crippen LogP contribution >= 0.6 is 0 Å². The zero-order chi connectivity index (χ0) is 58.3. The second kappa shape index (κ2) is 29.2. The molecule has 4 rings (SSSR count). The molecule has 3 fully saturated rings. The molecule has 3 saturated heterocycles. The number of rotatable bonds is 21. The molecule has 436 valence electrons. The van der Waals surface area contributed by atoms with Crippen LogP contribution in [0.25, 0.3) is 0 Å². The summed E-state index contributed by atoms with van der Waals surface area (Å²) in [6.45, 7) is 9.49. The summed E-state index contributed by atoms with van der Waals surface area (Å²) >= 11 is 0. The predicted octanol–water partition coefficient (Wildman–Crippen LogP) is -0.791. The van der Waals surface area contributed by atoms with Crippen LogP contribution in [0.1, 0.15) is 83.1 Å². The summed E-state index contributed by atoms with van der Waals surface area (Å²) in [4.78, 5) is 150. The van der Waals surface area contributed by atoms with E-state index >= 15 is 0 Å². The first-order valence-electron chi connectivity index (χ1n) is 24.1. The van der Waals surface area contributed by atoms with E-state index in [9.17, 15) is 57.5 Å². The molecule has 30 nitrogen and oxygen atoms in total. The predicted molar refractivity (Wildman–Crippen MR) is 244 cm³/mol. The lowest BCUT2D eigenvalue weighted by atomic mass is 9.84. The van der Waals surface area contributed by atoms with Gasteiger partial charge in [-0.15, -0.1) is 0 Å². The normalized spacial score (nSPS) is 32.3. The van der Waals surface area contributed by atoms with E-state index in [1.54, 1.807) is 0 Å². The Labute approximate surface area is 445 Å². The SMILES string of the molecule is CC(=O)OC[C@H]1O[C@@H](O[C@H]2[C@H](OC(C)=O)[C@@H]([C@@H]3C=C[C@H](O[C@@H]4O[C@H](COC(C)=O)[C@@H](OC(C)=O)[C@H](OC(C)=O)[C@H]4OC(C)=O)[C@@H](COC(C)=O)O3)[C@@H](OC(C)=O)O[C@@H]2COC(C)=O)[C@H](OC(C)=O)[C@@H](OC(C)=O)[C@@H]1OC(C)=O. The second-order valence-electron chi connectivity index (χ2n) is 17.8. The third-order valence-electron chi connectivity index (χ3n) is 11.2. The van der Waals surface area contributed by atoms with Crippen LogP contribution in [0, 0.1) is 5.92 Å². The molecule has 0 bridgehead atoms. The first kappa shape index (κ1) is 63.7. The van der Waals surface area contributed by atoms with Gasteiger partial charge in [0.1, 0.15) is 69.2 Å². The quantitative estimate of drug-likeness (QED) is 0.0772. The summed E-state index contributed by atoms with van der Waals surface area (Å²) in [6, 6.07) is 0. The molecule has 18 atom stereocenters. The van der Waals surface area contributed by atoms with Crippen LogP contribution in [0.3, 0.4) is 0 Å². The second-order valence-corrected chi connectivity index (χ2v) is 17.8. The summed E-state index contributed by atoms with van der Waals surface area (Å²) < 4.78 is 104. The van der Waals surface area contributed by atoms with Crippen molar-refractivity contribution in [2.24, 2.45) is 5.92 Å². The number of hydrogen-bond acceptors (Lipinski definition) is 30. The highest BCUT2D eigenvalue weighted by atomic mass is 16.8. The molecule has 30 heteroatoms. The lowest BCUT2D eigenvalue weighted by Gasteiger charge is -2.50. The number of ether oxygens (including phenoxy) is 18. The minimum Gasteiger partial charge on any atom is -0.463 e. The van der Waals surface area contributed by atoms with Crippen molar-refractivity contribution in [2.75, 3.05) is 26.4 Å². The van der Waals surface area contributed by atoms with Gasteiger partial charge >= 0.3 is 71.6 Å². The highest BCUT2D eigenvalue weighted by molar-refractivity contribution is 5.71. The van der Waals surface area contributed by atoms with E-state index in [1.165, 1.54) is 12.2 Å². The fourth-order valence-electron chi connectivity index (χ4n) is 8.63. The largest absolute Gasteiger partial charge is 0.463 e. The summed E-state index contributed by atoms with van der Waals surface area (Å²) in [5.74, 6) is -12.7. The molecule has 0 aromatic rings. The minimum atomic E-state index is -1.98. The average Bonchev–Trinajstić information content (AvgIpc) is 3.31. The van der Waals surface area contributed by atoms with E-state index in [0.717, 1.165) is 83.1 Å². The highest BCUT2D eigenvalue weighted by Crippen LogP contribution is 2.41. The van der Waals surface area contributed by atoms with Gasteiger partial charge in [0.25, 0.3) is 0 Å². The minimum absolute atomic E-state index is 0.621. The first-order valence-corrected chi connectivity index (χ1v) is 24.1.